The number of rotatable bonds is 4. The van der Waals surface area contributed by atoms with Crippen LogP contribution in [0.25, 0.3) is 11.0 Å². The highest BCUT2D eigenvalue weighted by Crippen LogP contribution is 2.32. The van der Waals surface area contributed by atoms with Gasteiger partial charge in [-0.15, -0.1) is 0 Å². The quantitative estimate of drug-likeness (QED) is 0.676. The Morgan fingerprint density at radius 1 is 0.968 bits per heavy atom. The minimum atomic E-state index is -1.04. The third-order valence-electron chi connectivity index (χ3n) is 5.52. The third-order valence-corrected chi connectivity index (χ3v) is 5.52. The smallest absolute Gasteiger partial charge is 0.227 e. The normalized spacial score (nSPS) is 18.0. The number of nitrogens with zero attached hydrogens (tertiary/aromatic N) is 5. The Labute approximate surface area is 176 Å². The SMILES string of the molecule is Fc1cc(F)c(Nc2nn(C3CCOCC3)c3nc(N4CCOCC4)ncc23)c(F)c1. The van der Waals surface area contributed by atoms with Gasteiger partial charge in [0.2, 0.25) is 5.95 Å². The summed E-state index contributed by atoms with van der Waals surface area (Å²) in [6.45, 7) is 3.73. The molecule has 5 rings (SSSR count). The second-order valence-electron chi connectivity index (χ2n) is 7.51. The highest BCUT2D eigenvalue weighted by molar-refractivity contribution is 5.89. The first-order chi connectivity index (χ1) is 15.1. The van der Waals surface area contributed by atoms with Crippen LogP contribution in [0, 0.1) is 17.5 Å². The maximum Gasteiger partial charge on any atom is 0.227 e. The number of aromatic nitrogens is 4. The first-order valence-electron chi connectivity index (χ1n) is 10.2. The number of benzene rings is 1. The van der Waals surface area contributed by atoms with Gasteiger partial charge in [-0.3, -0.25) is 0 Å². The molecule has 11 heteroatoms. The fraction of sp³-hybridized carbons (Fsp3) is 0.450. The van der Waals surface area contributed by atoms with Crippen LogP contribution in [0.1, 0.15) is 18.9 Å². The molecular weight excluding hydrogens is 413 g/mol. The van der Waals surface area contributed by atoms with E-state index in [0.717, 1.165) is 12.8 Å². The van der Waals surface area contributed by atoms with Crippen LogP contribution >= 0.6 is 0 Å². The molecule has 2 aliphatic heterocycles. The first kappa shape index (κ1) is 20.0. The Balaban J connectivity index is 1.58. The Morgan fingerprint density at radius 3 is 2.35 bits per heavy atom. The van der Waals surface area contributed by atoms with Crippen molar-refractivity contribution in [3.63, 3.8) is 0 Å². The van der Waals surface area contributed by atoms with Gasteiger partial charge in [-0.1, -0.05) is 0 Å². The van der Waals surface area contributed by atoms with Gasteiger partial charge in [0.15, 0.2) is 23.1 Å². The zero-order chi connectivity index (χ0) is 21.4. The Bertz CT molecular complexity index is 1070. The molecular formula is C20H21F3N6O2. The lowest BCUT2D eigenvalue weighted by molar-refractivity contribution is 0.0674. The maximum atomic E-state index is 14.2. The molecule has 0 saturated carbocycles. The second-order valence-corrected chi connectivity index (χ2v) is 7.51. The van der Waals surface area contributed by atoms with Gasteiger partial charge in [0.1, 0.15) is 11.5 Å². The highest BCUT2D eigenvalue weighted by atomic mass is 19.1. The van der Waals surface area contributed by atoms with Gasteiger partial charge in [-0.25, -0.2) is 22.8 Å². The van der Waals surface area contributed by atoms with Gasteiger partial charge in [0.25, 0.3) is 0 Å². The van der Waals surface area contributed by atoms with Crippen molar-refractivity contribution < 1.29 is 22.6 Å². The zero-order valence-electron chi connectivity index (χ0n) is 16.7. The zero-order valence-corrected chi connectivity index (χ0v) is 16.7. The lowest BCUT2D eigenvalue weighted by Gasteiger charge is -2.27. The van der Waals surface area contributed by atoms with E-state index in [1.807, 2.05) is 4.90 Å². The summed E-state index contributed by atoms with van der Waals surface area (Å²) in [5, 5.41) is 7.77. The summed E-state index contributed by atoms with van der Waals surface area (Å²) in [7, 11) is 0. The molecule has 0 aliphatic carbocycles. The molecule has 2 aromatic heterocycles. The lowest BCUT2D eigenvalue weighted by Crippen LogP contribution is -2.37. The molecule has 4 heterocycles. The number of hydrogen-bond donors (Lipinski definition) is 1. The minimum Gasteiger partial charge on any atom is -0.381 e. The number of morpholine rings is 1. The van der Waals surface area contributed by atoms with Crippen LogP contribution in [0.3, 0.4) is 0 Å². The predicted molar refractivity (Wildman–Crippen MR) is 107 cm³/mol. The van der Waals surface area contributed by atoms with E-state index >= 15 is 0 Å². The molecule has 0 amide bonds. The Kier molecular flexibility index (Phi) is 5.36. The van der Waals surface area contributed by atoms with Crippen LogP contribution in [0.2, 0.25) is 0 Å². The molecule has 0 bridgehead atoms. The van der Waals surface area contributed by atoms with Crippen LogP contribution in [-0.4, -0.2) is 59.3 Å². The molecule has 0 radical (unpaired) electrons. The molecule has 2 saturated heterocycles. The van der Waals surface area contributed by atoms with Crippen LogP contribution in [0.4, 0.5) is 30.6 Å². The van der Waals surface area contributed by atoms with Crippen molar-refractivity contribution in [2.24, 2.45) is 0 Å². The van der Waals surface area contributed by atoms with Gasteiger partial charge in [-0.2, -0.15) is 10.1 Å². The van der Waals surface area contributed by atoms with Crippen molar-refractivity contribution in [3.8, 4) is 0 Å². The average molecular weight is 434 g/mol. The van der Waals surface area contributed by atoms with Gasteiger partial charge in [-0.05, 0) is 12.8 Å². The molecule has 8 nitrogen and oxygen atoms in total. The maximum absolute atomic E-state index is 14.2. The molecule has 1 aromatic carbocycles. The van der Waals surface area contributed by atoms with Crippen molar-refractivity contribution in [3.05, 3.63) is 35.8 Å². The summed E-state index contributed by atoms with van der Waals surface area (Å²) in [6.07, 6.45) is 3.08. The van der Waals surface area contributed by atoms with Crippen LogP contribution in [-0.2, 0) is 9.47 Å². The molecule has 0 unspecified atom stereocenters. The van der Waals surface area contributed by atoms with Crippen molar-refractivity contribution in [2.45, 2.75) is 18.9 Å². The van der Waals surface area contributed by atoms with Gasteiger partial charge in [0, 0.05) is 44.6 Å². The van der Waals surface area contributed by atoms with E-state index < -0.39 is 23.1 Å². The highest BCUT2D eigenvalue weighted by Gasteiger charge is 2.25. The largest absolute Gasteiger partial charge is 0.381 e. The number of fused-ring (bicyclic) bond motifs is 1. The minimum absolute atomic E-state index is 0.0298. The summed E-state index contributed by atoms with van der Waals surface area (Å²) >= 11 is 0. The predicted octanol–water partition coefficient (Wildman–Crippen LogP) is 3.18. The number of nitrogens with one attached hydrogen (secondary N) is 1. The fourth-order valence-electron chi connectivity index (χ4n) is 3.89. The first-order valence-corrected chi connectivity index (χ1v) is 10.2. The molecule has 2 fully saturated rings. The van der Waals surface area contributed by atoms with E-state index in [-0.39, 0.29) is 11.9 Å². The number of hydrogen-bond acceptors (Lipinski definition) is 7. The molecule has 31 heavy (non-hydrogen) atoms. The van der Waals surface area contributed by atoms with Gasteiger partial charge < -0.3 is 19.7 Å². The van der Waals surface area contributed by atoms with E-state index in [4.69, 9.17) is 14.5 Å². The third kappa shape index (κ3) is 3.90. The monoisotopic (exact) mass is 434 g/mol. The Hall–Kier alpha value is -2.92. The van der Waals surface area contributed by atoms with Crippen molar-refractivity contribution in [2.75, 3.05) is 49.7 Å². The fourth-order valence-corrected chi connectivity index (χ4v) is 3.89. The van der Waals surface area contributed by atoms with Crippen LogP contribution in [0.15, 0.2) is 18.3 Å². The molecule has 0 atom stereocenters. The summed E-state index contributed by atoms with van der Waals surface area (Å²) in [6, 6.07) is 1.27. The molecule has 164 valence electrons. The average Bonchev–Trinajstić information content (AvgIpc) is 3.15. The molecule has 2 aliphatic rings. The summed E-state index contributed by atoms with van der Waals surface area (Å²) in [5.74, 6) is -2.32. The van der Waals surface area contributed by atoms with Crippen molar-refractivity contribution in [1.82, 2.24) is 19.7 Å². The topological polar surface area (TPSA) is 77.3 Å². The van der Waals surface area contributed by atoms with E-state index in [0.29, 0.717) is 68.6 Å². The van der Waals surface area contributed by atoms with E-state index in [1.165, 1.54) is 0 Å². The van der Waals surface area contributed by atoms with Crippen molar-refractivity contribution >= 4 is 28.5 Å². The van der Waals surface area contributed by atoms with E-state index in [1.54, 1.807) is 10.9 Å². The summed E-state index contributed by atoms with van der Waals surface area (Å²) < 4.78 is 54.4. The van der Waals surface area contributed by atoms with E-state index in [2.05, 4.69) is 15.4 Å². The van der Waals surface area contributed by atoms with E-state index in [9.17, 15) is 13.2 Å². The lowest BCUT2D eigenvalue weighted by atomic mass is 10.1. The molecule has 0 spiro atoms. The summed E-state index contributed by atoms with van der Waals surface area (Å²) in [5.41, 5.74) is 0.0889. The number of anilines is 3. The second kappa shape index (κ2) is 8.31. The van der Waals surface area contributed by atoms with Crippen LogP contribution < -0.4 is 10.2 Å². The number of halogens is 3. The van der Waals surface area contributed by atoms with Crippen LogP contribution in [0.5, 0.6) is 0 Å². The van der Waals surface area contributed by atoms with Crippen molar-refractivity contribution in [1.29, 1.82) is 0 Å². The standard InChI is InChI=1S/C20H21F3N6O2/c21-12-9-15(22)17(16(23)10-12)25-18-14-11-24-20(28-3-7-31-8-4-28)26-19(14)29(27-18)13-1-5-30-6-2-13/h9-11,13H,1-8H2,(H,25,27). The molecule has 1 N–H and O–H groups in total. The Morgan fingerprint density at radius 2 is 1.65 bits per heavy atom. The van der Waals surface area contributed by atoms with Gasteiger partial charge >= 0.3 is 0 Å². The number of ether oxygens (including phenoxy) is 2. The summed E-state index contributed by atoms with van der Waals surface area (Å²) in [4.78, 5) is 11.2. The molecule has 3 aromatic rings. The van der Waals surface area contributed by atoms with Gasteiger partial charge in [0.05, 0.1) is 24.6 Å².